The van der Waals surface area contributed by atoms with Gasteiger partial charge in [0, 0.05) is 25.6 Å². The lowest BCUT2D eigenvalue weighted by Crippen LogP contribution is -2.36. The van der Waals surface area contributed by atoms with Gasteiger partial charge in [0.05, 0.1) is 13.0 Å². The lowest BCUT2D eigenvalue weighted by molar-refractivity contribution is -0.159. The Morgan fingerprint density at radius 1 is 1.00 bits per heavy atom. The Morgan fingerprint density at radius 3 is 2.26 bits per heavy atom. The molecule has 0 saturated carbocycles. The van der Waals surface area contributed by atoms with Crippen LogP contribution in [0, 0.1) is 11.8 Å². The van der Waals surface area contributed by atoms with E-state index in [1.807, 2.05) is 51.1 Å². The van der Waals surface area contributed by atoms with Gasteiger partial charge in [0.1, 0.15) is 18.0 Å². The maximum Gasteiger partial charge on any atom is 0.309 e. The van der Waals surface area contributed by atoms with Crippen molar-refractivity contribution in [3.63, 3.8) is 0 Å². The van der Waals surface area contributed by atoms with Crippen molar-refractivity contribution in [3.05, 3.63) is 48.3 Å². The van der Waals surface area contributed by atoms with E-state index >= 15 is 0 Å². The molecule has 0 spiro atoms. The third kappa shape index (κ3) is 7.86. The summed E-state index contributed by atoms with van der Waals surface area (Å²) in [6.45, 7) is 8.76. The second-order valence-electron chi connectivity index (χ2n) is 8.55. The summed E-state index contributed by atoms with van der Waals surface area (Å²) in [5.74, 6) is -1.25. The Kier molecular flexibility index (Phi) is 10.0. The molecular weight excluding hydrogens is 438 g/mol. The molecule has 0 aliphatic carbocycles. The Balaban J connectivity index is 2.11. The average Bonchev–Trinajstić information content (AvgIpc) is 2.78. The highest BCUT2D eigenvalue weighted by Gasteiger charge is 2.29. The zero-order valence-electron chi connectivity index (χ0n) is 20.6. The molecule has 2 rings (SSSR count). The highest BCUT2D eigenvalue weighted by atomic mass is 16.6. The molecule has 8 heteroatoms. The van der Waals surface area contributed by atoms with Crippen LogP contribution in [0.4, 0.5) is 0 Å². The quantitative estimate of drug-likeness (QED) is 0.326. The lowest BCUT2D eigenvalue weighted by atomic mass is 10.00. The van der Waals surface area contributed by atoms with Gasteiger partial charge >= 0.3 is 11.9 Å². The minimum Gasteiger partial charge on any atom is -0.493 e. The second-order valence-corrected chi connectivity index (χ2v) is 8.55. The fraction of sp³-hybridized carbons (Fsp3) is 0.462. The number of ether oxygens (including phenoxy) is 4. The van der Waals surface area contributed by atoms with Gasteiger partial charge in [-0.2, -0.15) is 0 Å². The first-order chi connectivity index (χ1) is 16.1. The molecule has 0 N–H and O–H groups in total. The molecule has 0 unspecified atom stereocenters. The molecule has 34 heavy (non-hydrogen) atoms. The van der Waals surface area contributed by atoms with Crippen LogP contribution >= 0.6 is 0 Å². The van der Waals surface area contributed by atoms with Gasteiger partial charge in [0.2, 0.25) is 5.75 Å². The van der Waals surface area contributed by atoms with Gasteiger partial charge < -0.3 is 18.9 Å². The predicted molar refractivity (Wildman–Crippen MR) is 126 cm³/mol. The number of pyridine rings is 1. The van der Waals surface area contributed by atoms with E-state index in [0.717, 1.165) is 0 Å². The summed E-state index contributed by atoms with van der Waals surface area (Å²) in [7, 11) is 1.39. The molecule has 3 atom stereocenters. The normalized spacial score (nSPS) is 13.5. The van der Waals surface area contributed by atoms with Crippen molar-refractivity contribution in [1.82, 2.24) is 4.98 Å². The number of esters is 2. The number of benzene rings is 1. The van der Waals surface area contributed by atoms with E-state index in [-0.39, 0.29) is 35.6 Å². The Bertz CT molecular complexity index is 974. The predicted octanol–water partition coefficient (Wildman–Crippen LogP) is 4.65. The van der Waals surface area contributed by atoms with Crippen LogP contribution in [0.25, 0.3) is 0 Å². The van der Waals surface area contributed by atoms with E-state index in [1.165, 1.54) is 26.3 Å². The minimum atomic E-state index is -0.746. The largest absolute Gasteiger partial charge is 0.493 e. The molecule has 0 aliphatic heterocycles. The summed E-state index contributed by atoms with van der Waals surface area (Å²) in [5, 5.41) is 0. The van der Waals surface area contributed by atoms with Crippen molar-refractivity contribution in [1.29, 1.82) is 0 Å². The Labute approximate surface area is 200 Å². The molecule has 1 aromatic carbocycles. The van der Waals surface area contributed by atoms with Gasteiger partial charge in [0.25, 0.3) is 0 Å². The monoisotopic (exact) mass is 471 g/mol. The van der Waals surface area contributed by atoms with Gasteiger partial charge in [0.15, 0.2) is 17.2 Å². The zero-order valence-corrected chi connectivity index (χ0v) is 20.6. The van der Waals surface area contributed by atoms with Crippen LogP contribution in [0.1, 0.15) is 57.9 Å². The number of carbonyl (C=O) groups excluding carboxylic acids is 3. The number of Topliss-reactive ketones (excluding diaryl/α,β-unsaturated/α-hetero) is 1. The topological polar surface area (TPSA) is 101 Å². The fourth-order valence-corrected chi connectivity index (χ4v) is 3.35. The maximum atomic E-state index is 12.9. The van der Waals surface area contributed by atoms with Crippen LogP contribution in [-0.2, 0) is 14.3 Å². The first-order valence-corrected chi connectivity index (χ1v) is 11.3. The van der Waals surface area contributed by atoms with Crippen molar-refractivity contribution < 1.29 is 33.3 Å². The van der Waals surface area contributed by atoms with Gasteiger partial charge in [-0.05, 0) is 31.4 Å². The molecule has 0 fully saturated rings. The number of carbonyl (C=O) groups is 3. The average molecular weight is 472 g/mol. The van der Waals surface area contributed by atoms with Crippen molar-refractivity contribution >= 4 is 17.7 Å². The van der Waals surface area contributed by atoms with E-state index in [0.29, 0.717) is 12.2 Å². The standard InChI is InChI=1S/C26H33NO7/c1-16(2)14-23(18(4)32-20-10-8-7-9-11-20)34-26(30)17(3)15-21(29)24-25(33-19(5)28)22(31-6)12-13-27-24/h7-13,16-18,23H,14-15H2,1-6H3/t17-,18+,23-/m1/s1. The first kappa shape index (κ1) is 26.8. The molecule has 0 aliphatic rings. The van der Waals surface area contributed by atoms with E-state index in [1.54, 1.807) is 6.92 Å². The zero-order chi connectivity index (χ0) is 25.3. The highest BCUT2D eigenvalue weighted by molar-refractivity contribution is 5.99. The summed E-state index contributed by atoms with van der Waals surface area (Å²) in [6, 6.07) is 10.8. The third-order valence-electron chi connectivity index (χ3n) is 5.05. The number of rotatable bonds is 12. The van der Waals surface area contributed by atoms with E-state index < -0.39 is 29.7 Å². The van der Waals surface area contributed by atoms with E-state index in [9.17, 15) is 14.4 Å². The van der Waals surface area contributed by atoms with Crippen molar-refractivity contribution in [2.45, 2.75) is 59.7 Å². The van der Waals surface area contributed by atoms with Crippen molar-refractivity contribution in [2.24, 2.45) is 11.8 Å². The van der Waals surface area contributed by atoms with Crippen LogP contribution in [0.3, 0.4) is 0 Å². The number of hydrogen-bond acceptors (Lipinski definition) is 8. The van der Waals surface area contributed by atoms with Crippen LogP contribution in [-0.4, -0.2) is 42.0 Å². The Morgan fingerprint density at radius 2 is 1.68 bits per heavy atom. The summed E-state index contributed by atoms with van der Waals surface area (Å²) >= 11 is 0. The second kappa shape index (κ2) is 12.7. The maximum absolute atomic E-state index is 12.9. The molecule has 1 aromatic heterocycles. The summed E-state index contributed by atoms with van der Waals surface area (Å²) in [6.07, 6.45) is 0.942. The van der Waals surface area contributed by atoms with Gasteiger partial charge in [-0.3, -0.25) is 14.4 Å². The van der Waals surface area contributed by atoms with Crippen LogP contribution in [0.15, 0.2) is 42.6 Å². The van der Waals surface area contributed by atoms with Gasteiger partial charge in [-0.1, -0.05) is 39.0 Å². The third-order valence-corrected chi connectivity index (χ3v) is 5.05. The Hall–Kier alpha value is -3.42. The van der Waals surface area contributed by atoms with Crippen molar-refractivity contribution in [3.8, 4) is 17.2 Å². The summed E-state index contributed by atoms with van der Waals surface area (Å²) in [4.78, 5) is 41.3. The summed E-state index contributed by atoms with van der Waals surface area (Å²) in [5.41, 5.74) is -0.0753. The molecule has 2 aromatic rings. The van der Waals surface area contributed by atoms with Crippen LogP contribution < -0.4 is 14.2 Å². The molecule has 1 heterocycles. The van der Waals surface area contributed by atoms with E-state index in [4.69, 9.17) is 18.9 Å². The minimum absolute atomic E-state index is 0.0642. The number of hydrogen-bond donors (Lipinski definition) is 0. The molecule has 0 saturated heterocycles. The van der Waals surface area contributed by atoms with Gasteiger partial charge in [-0.15, -0.1) is 0 Å². The first-order valence-electron chi connectivity index (χ1n) is 11.3. The summed E-state index contributed by atoms with van der Waals surface area (Å²) < 4.78 is 22.1. The van der Waals surface area contributed by atoms with Crippen molar-refractivity contribution in [2.75, 3.05) is 7.11 Å². The number of ketones is 1. The number of aromatic nitrogens is 1. The number of methoxy groups -OCH3 is 1. The van der Waals surface area contributed by atoms with E-state index in [2.05, 4.69) is 4.98 Å². The highest BCUT2D eigenvalue weighted by Crippen LogP contribution is 2.31. The molecule has 184 valence electrons. The molecule has 0 bridgehead atoms. The molecule has 0 radical (unpaired) electrons. The SMILES string of the molecule is COc1ccnc(C(=O)C[C@@H](C)C(=O)O[C@H](CC(C)C)[C@H](C)Oc2ccccc2)c1OC(C)=O. The molecule has 8 nitrogen and oxygen atoms in total. The molecular formula is C26H33NO7. The fourth-order valence-electron chi connectivity index (χ4n) is 3.35. The smallest absolute Gasteiger partial charge is 0.309 e. The van der Waals surface area contributed by atoms with Crippen LogP contribution in [0.2, 0.25) is 0 Å². The number of para-hydroxylation sites is 1. The molecule has 0 amide bonds. The van der Waals surface area contributed by atoms with Crippen LogP contribution in [0.5, 0.6) is 17.2 Å². The lowest BCUT2D eigenvalue weighted by Gasteiger charge is -2.27. The number of nitrogens with zero attached hydrogens (tertiary/aromatic N) is 1. The van der Waals surface area contributed by atoms with Gasteiger partial charge in [-0.25, -0.2) is 4.98 Å².